The van der Waals surface area contributed by atoms with Crippen molar-refractivity contribution in [3.05, 3.63) is 107 Å². The van der Waals surface area contributed by atoms with E-state index < -0.39 is 0 Å². The number of hydrogen-bond donors (Lipinski definition) is 3. The molecule has 1 fully saturated rings. The van der Waals surface area contributed by atoms with Crippen molar-refractivity contribution in [1.82, 2.24) is 4.90 Å². The van der Waals surface area contributed by atoms with Crippen LogP contribution in [0.5, 0.6) is 5.75 Å². The average Bonchev–Trinajstić information content (AvgIpc) is 3.23. The largest absolute Gasteiger partial charge is 0.490 e. The van der Waals surface area contributed by atoms with Gasteiger partial charge in [-0.15, -0.1) is 0 Å². The lowest BCUT2D eigenvalue weighted by Gasteiger charge is -2.32. The summed E-state index contributed by atoms with van der Waals surface area (Å²) in [7, 11) is 0. The molecule has 0 saturated carbocycles. The van der Waals surface area contributed by atoms with Crippen LogP contribution in [0.15, 0.2) is 78.9 Å². The van der Waals surface area contributed by atoms with Crippen molar-refractivity contribution in [2.75, 3.05) is 18.0 Å². The van der Waals surface area contributed by atoms with E-state index in [2.05, 4.69) is 4.90 Å². The Morgan fingerprint density at radius 3 is 2.43 bits per heavy atom. The lowest BCUT2D eigenvalue weighted by Crippen LogP contribution is -2.40. The number of nitrogens with two attached hydrogens (primary N) is 1. The van der Waals surface area contributed by atoms with Gasteiger partial charge in [0.05, 0.1) is 18.1 Å². The molecule has 2 heterocycles. The first-order valence-corrected chi connectivity index (χ1v) is 14.0. The molecule has 8 heteroatoms. The molecule has 0 spiro atoms. The summed E-state index contributed by atoms with van der Waals surface area (Å²) in [5.41, 5.74) is 10.1. The van der Waals surface area contributed by atoms with Crippen LogP contribution in [-0.4, -0.2) is 41.7 Å². The molecule has 0 aliphatic carbocycles. The molecule has 1 amide bonds. The van der Waals surface area contributed by atoms with E-state index in [0.29, 0.717) is 29.3 Å². The van der Waals surface area contributed by atoms with Gasteiger partial charge in [0.2, 0.25) is 0 Å². The number of fused-ring (bicyclic) bond motifs is 2. The first-order chi connectivity index (χ1) is 20.2. The number of nitrogens with one attached hydrogen (secondary N) is 2. The van der Waals surface area contributed by atoms with E-state index >= 15 is 0 Å². The molecule has 0 aromatic heterocycles. The maximum atomic E-state index is 13.9. The molecular formula is C34H32FN5O2. The third-order valence-electron chi connectivity index (χ3n) is 7.98. The second-order valence-corrected chi connectivity index (χ2v) is 10.9. The molecule has 2 aliphatic heterocycles. The van der Waals surface area contributed by atoms with Gasteiger partial charge >= 0.3 is 0 Å². The number of hydrogen-bond acceptors (Lipinski definition) is 4. The van der Waals surface area contributed by atoms with Crippen molar-refractivity contribution < 1.29 is 13.9 Å². The molecule has 1 saturated heterocycles. The zero-order valence-electron chi connectivity index (χ0n) is 23.4. The second-order valence-electron chi connectivity index (χ2n) is 10.9. The highest BCUT2D eigenvalue weighted by Gasteiger charge is 2.33. The van der Waals surface area contributed by atoms with Gasteiger partial charge in [-0.25, -0.2) is 4.39 Å². The monoisotopic (exact) mass is 561 g/mol. The van der Waals surface area contributed by atoms with Crippen LogP contribution >= 0.6 is 0 Å². The maximum absolute atomic E-state index is 13.9. The quantitative estimate of drug-likeness (QED) is 0.148. The molecule has 0 radical (unpaired) electrons. The molecule has 0 bridgehead atoms. The van der Waals surface area contributed by atoms with E-state index in [4.69, 9.17) is 21.3 Å². The Morgan fingerprint density at radius 1 is 0.976 bits per heavy atom. The van der Waals surface area contributed by atoms with Crippen molar-refractivity contribution in [3.8, 4) is 5.75 Å². The minimum absolute atomic E-state index is 0.00920. The van der Waals surface area contributed by atoms with Gasteiger partial charge in [-0.3, -0.25) is 15.6 Å². The summed E-state index contributed by atoms with van der Waals surface area (Å²) >= 11 is 0. The number of nitrogens with zero attached hydrogens (tertiary/aromatic N) is 2. The highest BCUT2D eigenvalue weighted by molar-refractivity contribution is 6.35. The minimum atomic E-state index is -0.332. The van der Waals surface area contributed by atoms with Crippen LogP contribution in [0.25, 0.3) is 22.4 Å². The van der Waals surface area contributed by atoms with Gasteiger partial charge in [0.15, 0.2) is 0 Å². The van der Waals surface area contributed by atoms with Gasteiger partial charge in [0.25, 0.3) is 5.91 Å². The fraction of sp³-hybridized carbons (Fsp3) is 0.206. The zero-order chi connectivity index (χ0) is 29.4. The number of nitrogen functional groups attached to an aromatic ring is 1. The second kappa shape index (κ2) is 11.1. The molecule has 4 aromatic rings. The SMILES string of the molecule is CC(=N)N1CCC(Oc2ccc3c(c2)/C(=C/c2ccc(F)cc2)C(=O)N3Cc2ccc3ccc(C(=N)N)cc3c2)CC1. The number of ether oxygens (including phenoxy) is 1. The van der Waals surface area contributed by atoms with Crippen molar-refractivity contribution in [2.45, 2.75) is 32.4 Å². The normalized spacial score (nSPS) is 16.2. The van der Waals surface area contributed by atoms with Gasteiger partial charge in [-0.05, 0) is 77.4 Å². The summed E-state index contributed by atoms with van der Waals surface area (Å²) in [6.45, 7) is 3.73. The van der Waals surface area contributed by atoms with Gasteiger partial charge in [0, 0.05) is 42.6 Å². The lowest BCUT2D eigenvalue weighted by molar-refractivity contribution is -0.113. The number of amidine groups is 2. The molecular weight excluding hydrogens is 529 g/mol. The Labute approximate surface area is 244 Å². The summed E-state index contributed by atoms with van der Waals surface area (Å²) in [6, 6.07) is 23.5. The summed E-state index contributed by atoms with van der Waals surface area (Å²) in [5, 5.41) is 17.6. The van der Waals surface area contributed by atoms with Crippen LogP contribution in [-0.2, 0) is 11.3 Å². The van der Waals surface area contributed by atoms with E-state index in [0.717, 1.165) is 59.1 Å². The number of carbonyl (C=O) groups excluding carboxylic acids is 1. The number of likely N-dealkylation sites (tertiary alicyclic amines) is 1. The first-order valence-electron chi connectivity index (χ1n) is 14.0. The van der Waals surface area contributed by atoms with E-state index in [1.807, 2.05) is 54.6 Å². The molecule has 42 heavy (non-hydrogen) atoms. The van der Waals surface area contributed by atoms with Crippen LogP contribution < -0.4 is 15.4 Å². The minimum Gasteiger partial charge on any atom is -0.490 e. The molecule has 4 aromatic carbocycles. The van der Waals surface area contributed by atoms with Gasteiger partial charge in [0.1, 0.15) is 23.5 Å². The first kappa shape index (κ1) is 27.2. The lowest BCUT2D eigenvalue weighted by atomic mass is 10.0. The molecule has 0 unspecified atom stereocenters. The highest BCUT2D eigenvalue weighted by atomic mass is 19.1. The van der Waals surface area contributed by atoms with E-state index in [9.17, 15) is 9.18 Å². The van der Waals surface area contributed by atoms with Gasteiger partial charge < -0.3 is 20.3 Å². The van der Waals surface area contributed by atoms with Gasteiger partial charge in [-0.1, -0.05) is 36.4 Å². The molecule has 212 valence electrons. The fourth-order valence-electron chi connectivity index (χ4n) is 5.68. The van der Waals surface area contributed by atoms with Crippen molar-refractivity contribution >= 4 is 45.7 Å². The number of anilines is 1. The van der Waals surface area contributed by atoms with E-state index in [1.165, 1.54) is 12.1 Å². The highest BCUT2D eigenvalue weighted by Crippen LogP contribution is 2.41. The fourth-order valence-corrected chi connectivity index (χ4v) is 5.68. The van der Waals surface area contributed by atoms with Crippen molar-refractivity contribution in [1.29, 1.82) is 10.8 Å². The summed E-state index contributed by atoms with van der Waals surface area (Å²) in [5.74, 6) is 0.807. The number of carbonyl (C=O) groups is 1. The predicted molar refractivity (Wildman–Crippen MR) is 165 cm³/mol. The number of benzene rings is 4. The van der Waals surface area contributed by atoms with Gasteiger partial charge in [-0.2, -0.15) is 0 Å². The molecule has 2 aliphatic rings. The Morgan fingerprint density at radius 2 is 1.71 bits per heavy atom. The molecule has 7 nitrogen and oxygen atoms in total. The number of halogens is 1. The average molecular weight is 562 g/mol. The maximum Gasteiger partial charge on any atom is 0.259 e. The Kier molecular flexibility index (Phi) is 7.20. The Bertz CT molecular complexity index is 1740. The van der Waals surface area contributed by atoms with Crippen LogP contribution in [0.3, 0.4) is 0 Å². The standard InChI is InChI=1S/C34H32FN5O2/c1-21(36)39-14-12-28(13-15-39)42-29-10-11-32-30(19-29)31(17-22-3-8-27(35)9-4-22)34(41)40(32)20-23-2-5-24-6-7-25(33(37)38)18-26(24)16-23/h2-11,16-19,28,36H,12-15,20H2,1H3,(H3,37,38)/b31-17-,36-21?. The zero-order valence-corrected chi connectivity index (χ0v) is 23.4. The Hall–Kier alpha value is -4.98. The number of amides is 1. The van der Waals surface area contributed by atoms with Crippen LogP contribution in [0, 0.1) is 16.6 Å². The number of rotatable bonds is 6. The third-order valence-corrected chi connectivity index (χ3v) is 7.98. The summed E-state index contributed by atoms with van der Waals surface area (Å²) < 4.78 is 20.0. The molecule has 0 atom stereocenters. The van der Waals surface area contributed by atoms with E-state index in [1.54, 1.807) is 30.0 Å². The third kappa shape index (κ3) is 5.48. The summed E-state index contributed by atoms with van der Waals surface area (Å²) in [4.78, 5) is 17.7. The van der Waals surface area contributed by atoms with Crippen molar-refractivity contribution in [2.24, 2.45) is 5.73 Å². The topological polar surface area (TPSA) is 107 Å². The Balaban J connectivity index is 1.32. The predicted octanol–water partition coefficient (Wildman–Crippen LogP) is 6.19. The van der Waals surface area contributed by atoms with Crippen LogP contribution in [0.4, 0.5) is 10.1 Å². The van der Waals surface area contributed by atoms with Crippen LogP contribution in [0.2, 0.25) is 0 Å². The molecule has 6 rings (SSSR count). The number of piperidine rings is 1. The van der Waals surface area contributed by atoms with Crippen molar-refractivity contribution in [3.63, 3.8) is 0 Å². The summed E-state index contributed by atoms with van der Waals surface area (Å²) in [6.07, 6.45) is 3.48. The van der Waals surface area contributed by atoms with E-state index in [-0.39, 0.29) is 23.7 Å². The van der Waals surface area contributed by atoms with Crippen LogP contribution in [0.1, 0.15) is 42.0 Å². The smallest absolute Gasteiger partial charge is 0.259 e. The molecule has 4 N–H and O–H groups in total.